The van der Waals surface area contributed by atoms with Gasteiger partial charge < -0.3 is 9.84 Å². The first-order valence-electron chi connectivity index (χ1n) is 6.45. The molecule has 0 aliphatic rings. The van der Waals surface area contributed by atoms with Gasteiger partial charge in [0.2, 0.25) is 0 Å². The molecule has 1 aromatic carbocycles. The third kappa shape index (κ3) is 3.49. The van der Waals surface area contributed by atoms with Crippen LogP contribution in [0.2, 0.25) is 0 Å². The molecule has 18 heavy (non-hydrogen) atoms. The second-order valence-corrected chi connectivity index (χ2v) is 4.97. The van der Waals surface area contributed by atoms with Crippen molar-refractivity contribution in [3.05, 3.63) is 29.8 Å². The third-order valence-corrected chi connectivity index (χ3v) is 3.17. The number of carboxylic acid groups (broad SMARTS) is 1. The van der Waals surface area contributed by atoms with Gasteiger partial charge in [-0.2, -0.15) is 0 Å². The van der Waals surface area contributed by atoms with Gasteiger partial charge in [-0.3, -0.25) is 0 Å². The van der Waals surface area contributed by atoms with Crippen molar-refractivity contribution in [2.24, 2.45) is 5.92 Å². The van der Waals surface area contributed by atoms with Gasteiger partial charge in [0.25, 0.3) is 0 Å². The van der Waals surface area contributed by atoms with Crippen LogP contribution in [0, 0.1) is 5.92 Å². The summed E-state index contributed by atoms with van der Waals surface area (Å²) in [6.07, 6.45) is 0.204. The maximum Gasteiger partial charge on any atom is 0.345 e. The highest BCUT2D eigenvalue weighted by molar-refractivity contribution is 5.73. The Balaban J connectivity index is 2.99. The Morgan fingerprint density at radius 3 is 2.39 bits per heavy atom. The molecule has 0 amide bonds. The lowest BCUT2D eigenvalue weighted by molar-refractivity contribution is -0.147. The second kappa shape index (κ2) is 6.43. The lowest BCUT2D eigenvalue weighted by Gasteiger charge is -2.22. The Labute approximate surface area is 109 Å². The van der Waals surface area contributed by atoms with Crippen molar-refractivity contribution >= 4 is 5.97 Å². The average Bonchev–Trinajstić information content (AvgIpc) is 2.34. The molecule has 2 unspecified atom stereocenters. The molecule has 0 fully saturated rings. The molecule has 0 heterocycles. The summed E-state index contributed by atoms with van der Waals surface area (Å²) in [6.45, 7) is 7.93. The van der Waals surface area contributed by atoms with E-state index in [1.54, 1.807) is 0 Å². The normalized spacial score (nSPS) is 14.3. The van der Waals surface area contributed by atoms with Crippen molar-refractivity contribution in [3.63, 3.8) is 0 Å². The lowest BCUT2D eigenvalue weighted by Crippen LogP contribution is -2.32. The zero-order chi connectivity index (χ0) is 13.7. The summed E-state index contributed by atoms with van der Waals surface area (Å²) in [4.78, 5) is 11.2. The first-order valence-corrected chi connectivity index (χ1v) is 6.45. The van der Waals surface area contributed by atoms with Crippen molar-refractivity contribution in [1.82, 2.24) is 0 Å². The summed E-state index contributed by atoms with van der Waals surface area (Å²) in [5, 5.41) is 9.17. The van der Waals surface area contributed by atoms with Gasteiger partial charge in [-0.05, 0) is 24.0 Å². The zero-order valence-electron chi connectivity index (χ0n) is 11.5. The van der Waals surface area contributed by atoms with Crippen molar-refractivity contribution in [2.45, 2.75) is 46.1 Å². The molecule has 0 saturated heterocycles. The Bertz CT molecular complexity index is 398. The smallest absolute Gasteiger partial charge is 0.345 e. The summed E-state index contributed by atoms with van der Waals surface area (Å²) >= 11 is 0. The Hall–Kier alpha value is -1.51. The molecule has 0 aromatic heterocycles. The first kappa shape index (κ1) is 14.6. The lowest BCUT2D eigenvalue weighted by atomic mass is 9.97. The van der Waals surface area contributed by atoms with Gasteiger partial charge in [0.15, 0.2) is 6.10 Å². The minimum atomic E-state index is -0.913. The van der Waals surface area contributed by atoms with Crippen LogP contribution in [0.5, 0.6) is 5.75 Å². The van der Waals surface area contributed by atoms with E-state index < -0.39 is 12.1 Å². The predicted molar refractivity (Wildman–Crippen MR) is 72.0 cm³/mol. The van der Waals surface area contributed by atoms with E-state index in [-0.39, 0.29) is 5.92 Å². The molecule has 3 heteroatoms. The van der Waals surface area contributed by atoms with Gasteiger partial charge in [-0.15, -0.1) is 0 Å². The summed E-state index contributed by atoms with van der Waals surface area (Å²) < 4.78 is 5.69. The van der Waals surface area contributed by atoms with E-state index in [4.69, 9.17) is 9.84 Å². The molecule has 1 rings (SSSR count). The highest BCUT2D eigenvalue weighted by Crippen LogP contribution is 2.29. The topological polar surface area (TPSA) is 46.5 Å². The van der Waals surface area contributed by atoms with E-state index in [9.17, 15) is 4.79 Å². The van der Waals surface area contributed by atoms with Crippen molar-refractivity contribution in [3.8, 4) is 5.75 Å². The third-order valence-electron chi connectivity index (χ3n) is 3.17. The van der Waals surface area contributed by atoms with E-state index in [1.165, 1.54) is 0 Å². The maximum absolute atomic E-state index is 11.2. The summed E-state index contributed by atoms with van der Waals surface area (Å²) in [6, 6.07) is 7.68. The highest BCUT2D eigenvalue weighted by Gasteiger charge is 2.24. The van der Waals surface area contributed by atoms with E-state index in [0.29, 0.717) is 11.7 Å². The monoisotopic (exact) mass is 250 g/mol. The van der Waals surface area contributed by atoms with Gasteiger partial charge in [0, 0.05) is 5.92 Å². The van der Waals surface area contributed by atoms with Crippen LogP contribution >= 0.6 is 0 Å². The number of hydrogen-bond acceptors (Lipinski definition) is 2. The van der Waals surface area contributed by atoms with Crippen LogP contribution in [-0.4, -0.2) is 17.2 Å². The van der Waals surface area contributed by atoms with Gasteiger partial charge in [-0.1, -0.05) is 45.9 Å². The SMILES string of the molecule is CCC(C)c1ccccc1OC(C(=O)O)C(C)C. The number of aliphatic carboxylic acids is 1. The number of benzene rings is 1. The zero-order valence-corrected chi connectivity index (χ0v) is 11.5. The van der Waals surface area contributed by atoms with Crippen molar-refractivity contribution in [1.29, 1.82) is 0 Å². The molecular formula is C15H22O3. The molecule has 3 nitrogen and oxygen atoms in total. The fourth-order valence-electron chi connectivity index (χ4n) is 1.82. The van der Waals surface area contributed by atoms with Crippen LogP contribution in [-0.2, 0) is 4.79 Å². The van der Waals surface area contributed by atoms with Crippen LogP contribution < -0.4 is 4.74 Å². The standard InChI is InChI=1S/C15H22O3/c1-5-11(4)12-8-6-7-9-13(12)18-14(10(2)3)15(16)17/h6-11,14H,5H2,1-4H3,(H,16,17). The Kier molecular flexibility index (Phi) is 5.20. The largest absolute Gasteiger partial charge is 0.478 e. The second-order valence-electron chi connectivity index (χ2n) is 4.97. The Morgan fingerprint density at radius 2 is 1.89 bits per heavy atom. The van der Waals surface area contributed by atoms with E-state index in [1.807, 2.05) is 38.1 Å². The van der Waals surface area contributed by atoms with E-state index in [2.05, 4.69) is 13.8 Å². The molecule has 1 aromatic rings. The molecule has 0 spiro atoms. The minimum absolute atomic E-state index is 0.0625. The van der Waals surface area contributed by atoms with Crippen LogP contribution in [0.15, 0.2) is 24.3 Å². The predicted octanol–water partition coefficient (Wildman–Crippen LogP) is 3.69. The molecule has 0 aliphatic carbocycles. The van der Waals surface area contributed by atoms with Crippen LogP contribution in [0.1, 0.15) is 45.6 Å². The summed E-state index contributed by atoms with van der Waals surface area (Å²) in [5.41, 5.74) is 1.08. The van der Waals surface area contributed by atoms with Gasteiger partial charge in [0.1, 0.15) is 5.75 Å². The number of ether oxygens (including phenoxy) is 1. The number of carboxylic acids is 1. The first-order chi connectivity index (χ1) is 8.47. The van der Waals surface area contributed by atoms with Gasteiger partial charge >= 0.3 is 5.97 Å². The Morgan fingerprint density at radius 1 is 1.28 bits per heavy atom. The molecule has 0 saturated carbocycles. The van der Waals surface area contributed by atoms with Crippen LogP contribution in [0.25, 0.3) is 0 Å². The summed E-state index contributed by atoms with van der Waals surface area (Å²) in [5.74, 6) is 0.0761. The van der Waals surface area contributed by atoms with Crippen LogP contribution in [0.3, 0.4) is 0 Å². The van der Waals surface area contributed by atoms with Gasteiger partial charge in [0.05, 0.1) is 0 Å². The molecule has 1 N–H and O–H groups in total. The quantitative estimate of drug-likeness (QED) is 0.837. The van der Waals surface area contributed by atoms with E-state index in [0.717, 1.165) is 12.0 Å². The molecule has 2 atom stereocenters. The number of hydrogen-bond donors (Lipinski definition) is 1. The minimum Gasteiger partial charge on any atom is -0.478 e. The van der Waals surface area contributed by atoms with Gasteiger partial charge in [-0.25, -0.2) is 4.79 Å². The fraction of sp³-hybridized carbons (Fsp3) is 0.533. The van der Waals surface area contributed by atoms with Crippen molar-refractivity contribution < 1.29 is 14.6 Å². The van der Waals surface area contributed by atoms with Crippen molar-refractivity contribution in [2.75, 3.05) is 0 Å². The number of rotatable bonds is 6. The molecular weight excluding hydrogens is 228 g/mol. The molecule has 0 aliphatic heterocycles. The molecule has 100 valence electrons. The number of para-hydroxylation sites is 1. The van der Waals surface area contributed by atoms with Crippen LogP contribution in [0.4, 0.5) is 0 Å². The maximum atomic E-state index is 11.2. The molecule has 0 bridgehead atoms. The average molecular weight is 250 g/mol. The fourth-order valence-corrected chi connectivity index (χ4v) is 1.82. The van der Waals surface area contributed by atoms with E-state index >= 15 is 0 Å². The summed E-state index contributed by atoms with van der Waals surface area (Å²) in [7, 11) is 0. The number of carbonyl (C=O) groups is 1. The molecule has 0 radical (unpaired) electrons. The highest BCUT2D eigenvalue weighted by atomic mass is 16.5.